The predicted octanol–water partition coefficient (Wildman–Crippen LogP) is 5.14. The molecule has 0 heterocycles. The molecule has 0 spiro atoms. The highest BCUT2D eigenvalue weighted by Gasteiger charge is 2.28. The van der Waals surface area contributed by atoms with Crippen LogP contribution in [-0.2, 0) is 16.1 Å². The minimum Gasteiger partial charge on any atom is -0.494 e. The average Bonchev–Trinajstić information content (AvgIpc) is 2.76. The van der Waals surface area contributed by atoms with Crippen molar-refractivity contribution in [3.63, 3.8) is 0 Å². The van der Waals surface area contributed by atoms with Gasteiger partial charge in [0.1, 0.15) is 11.8 Å². The second kappa shape index (κ2) is 13.0. The number of hydrogen-bond donors (Lipinski definition) is 1. The fourth-order valence-electron chi connectivity index (χ4n) is 3.38. The number of nitrogens with zero attached hydrogens (tertiary/aromatic N) is 1. The Morgan fingerprint density at radius 3 is 2.52 bits per heavy atom. The molecule has 6 heteroatoms. The Labute approximate surface area is 190 Å². The van der Waals surface area contributed by atoms with Gasteiger partial charge in [-0.2, -0.15) is 0 Å². The zero-order valence-electron chi connectivity index (χ0n) is 18.7. The van der Waals surface area contributed by atoms with Gasteiger partial charge >= 0.3 is 0 Å². The normalized spacial score (nSPS) is 11.6. The first kappa shape index (κ1) is 24.7. The van der Waals surface area contributed by atoms with Crippen LogP contribution in [0.2, 0.25) is 5.02 Å². The minimum atomic E-state index is -0.489. The van der Waals surface area contributed by atoms with E-state index in [4.69, 9.17) is 16.3 Å². The summed E-state index contributed by atoms with van der Waals surface area (Å²) >= 11 is 5.89. The summed E-state index contributed by atoms with van der Waals surface area (Å²) in [6.07, 6.45) is 2.31. The third-order valence-electron chi connectivity index (χ3n) is 4.99. The van der Waals surface area contributed by atoms with Gasteiger partial charge in [0.2, 0.25) is 11.8 Å². The standard InChI is InChI=1S/C25H33ClN2O3/c1-4-15-27-25(30)23(5-2)28(18-20-9-6-8-19(3)17-20)24(29)10-7-16-31-22-13-11-21(26)12-14-22/h6,8-9,11-14,17,23H,4-5,7,10,15-16,18H2,1-3H3,(H,27,30)/t23-/m0/s1. The highest BCUT2D eigenvalue weighted by molar-refractivity contribution is 6.30. The molecule has 0 saturated carbocycles. The summed E-state index contributed by atoms with van der Waals surface area (Å²) < 4.78 is 5.70. The Morgan fingerprint density at radius 1 is 1.13 bits per heavy atom. The molecule has 0 bridgehead atoms. The number of nitrogens with one attached hydrogen (secondary N) is 1. The van der Waals surface area contributed by atoms with E-state index in [0.717, 1.165) is 23.3 Å². The van der Waals surface area contributed by atoms with Gasteiger partial charge in [0, 0.05) is 24.5 Å². The first-order chi connectivity index (χ1) is 14.9. The summed E-state index contributed by atoms with van der Waals surface area (Å²) in [5, 5.41) is 3.59. The van der Waals surface area contributed by atoms with E-state index >= 15 is 0 Å². The number of amides is 2. The lowest BCUT2D eigenvalue weighted by molar-refractivity contribution is -0.141. The molecule has 0 aromatic heterocycles. The molecule has 0 fully saturated rings. The first-order valence-electron chi connectivity index (χ1n) is 11.0. The molecule has 168 valence electrons. The second-order valence-electron chi connectivity index (χ2n) is 7.63. The summed E-state index contributed by atoms with van der Waals surface area (Å²) in [6, 6.07) is 14.7. The Balaban J connectivity index is 2.03. The zero-order valence-corrected chi connectivity index (χ0v) is 19.5. The number of carbonyl (C=O) groups excluding carboxylic acids is 2. The number of halogens is 1. The maximum Gasteiger partial charge on any atom is 0.242 e. The fourth-order valence-corrected chi connectivity index (χ4v) is 3.51. The summed E-state index contributed by atoms with van der Waals surface area (Å²) in [6.45, 7) is 7.42. The van der Waals surface area contributed by atoms with E-state index in [0.29, 0.717) is 44.0 Å². The van der Waals surface area contributed by atoms with Crippen molar-refractivity contribution in [2.24, 2.45) is 0 Å². The molecule has 1 atom stereocenters. The Morgan fingerprint density at radius 2 is 1.87 bits per heavy atom. The average molecular weight is 445 g/mol. The van der Waals surface area contributed by atoms with Gasteiger partial charge in [0.25, 0.3) is 0 Å². The van der Waals surface area contributed by atoms with Gasteiger partial charge in [-0.05, 0) is 56.0 Å². The van der Waals surface area contributed by atoms with Crippen LogP contribution in [0.1, 0.15) is 50.7 Å². The molecular weight excluding hydrogens is 412 g/mol. The molecule has 2 aromatic rings. The van der Waals surface area contributed by atoms with Crippen LogP contribution in [0.25, 0.3) is 0 Å². The molecule has 0 unspecified atom stereocenters. The molecule has 2 amide bonds. The molecule has 0 aliphatic carbocycles. The molecule has 0 saturated heterocycles. The number of benzene rings is 2. The first-order valence-corrected chi connectivity index (χ1v) is 11.3. The van der Waals surface area contributed by atoms with Crippen molar-refractivity contribution in [3.05, 3.63) is 64.7 Å². The van der Waals surface area contributed by atoms with Gasteiger partial charge < -0.3 is 15.0 Å². The van der Waals surface area contributed by atoms with Gasteiger partial charge in [-0.25, -0.2) is 0 Å². The number of hydrogen-bond acceptors (Lipinski definition) is 3. The van der Waals surface area contributed by atoms with E-state index < -0.39 is 6.04 Å². The Hall–Kier alpha value is -2.53. The van der Waals surface area contributed by atoms with Crippen molar-refractivity contribution < 1.29 is 14.3 Å². The Kier molecular flexibility index (Phi) is 10.4. The van der Waals surface area contributed by atoms with Crippen molar-refractivity contribution in [2.45, 2.75) is 59.0 Å². The lowest BCUT2D eigenvalue weighted by Crippen LogP contribution is -2.49. The van der Waals surface area contributed by atoms with Gasteiger partial charge in [0.05, 0.1) is 6.61 Å². The minimum absolute atomic E-state index is 0.0419. The molecule has 2 aromatic carbocycles. The summed E-state index contributed by atoms with van der Waals surface area (Å²) in [5.41, 5.74) is 2.15. The molecule has 1 N–H and O–H groups in total. The molecule has 31 heavy (non-hydrogen) atoms. The SMILES string of the molecule is CCCNC(=O)[C@H](CC)N(Cc1cccc(C)c1)C(=O)CCCOc1ccc(Cl)cc1. The van der Waals surface area contributed by atoms with E-state index in [1.165, 1.54) is 0 Å². The van der Waals surface area contributed by atoms with Crippen molar-refractivity contribution >= 4 is 23.4 Å². The molecule has 2 rings (SSSR count). The van der Waals surface area contributed by atoms with Crippen LogP contribution in [0.3, 0.4) is 0 Å². The van der Waals surface area contributed by atoms with E-state index in [-0.39, 0.29) is 11.8 Å². The number of ether oxygens (including phenoxy) is 1. The highest BCUT2D eigenvalue weighted by Crippen LogP contribution is 2.17. The maximum absolute atomic E-state index is 13.1. The number of carbonyl (C=O) groups is 2. The third kappa shape index (κ3) is 8.25. The number of aryl methyl sites for hydroxylation is 1. The van der Waals surface area contributed by atoms with Gasteiger partial charge in [0.15, 0.2) is 0 Å². The van der Waals surface area contributed by atoms with Gasteiger partial charge in [-0.1, -0.05) is 55.3 Å². The molecule has 0 aliphatic rings. The Bertz CT molecular complexity index is 839. The van der Waals surface area contributed by atoms with E-state index in [9.17, 15) is 9.59 Å². The monoisotopic (exact) mass is 444 g/mol. The quantitative estimate of drug-likeness (QED) is 0.461. The van der Waals surface area contributed by atoms with Crippen molar-refractivity contribution in [1.29, 1.82) is 0 Å². The van der Waals surface area contributed by atoms with E-state index in [1.807, 2.05) is 39.0 Å². The molecule has 0 aliphatic heterocycles. The van der Waals surface area contributed by atoms with Gasteiger partial charge in [-0.3, -0.25) is 9.59 Å². The molecular formula is C25H33ClN2O3. The number of rotatable bonds is 12. The lowest BCUT2D eigenvalue weighted by Gasteiger charge is -2.31. The highest BCUT2D eigenvalue weighted by atomic mass is 35.5. The smallest absolute Gasteiger partial charge is 0.242 e. The van der Waals surface area contributed by atoms with Crippen LogP contribution in [0.4, 0.5) is 0 Å². The maximum atomic E-state index is 13.1. The van der Waals surface area contributed by atoms with Gasteiger partial charge in [-0.15, -0.1) is 0 Å². The largest absolute Gasteiger partial charge is 0.494 e. The van der Waals surface area contributed by atoms with Crippen LogP contribution in [-0.4, -0.2) is 35.9 Å². The van der Waals surface area contributed by atoms with Crippen LogP contribution in [0.5, 0.6) is 5.75 Å². The van der Waals surface area contributed by atoms with Crippen LogP contribution < -0.4 is 10.1 Å². The molecule has 0 radical (unpaired) electrons. The molecule has 5 nitrogen and oxygen atoms in total. The third-order valence-corrected chi connectivity index (χ3v) is 5.24. The zero-order chi connectivity index (χ0) is 22.6. The second-order valence-corrected chi connectivity index (χ2v) is 8.07. The lowest BCUT2D eigenvalue weighted by atomic mass is 10.1. The summed E-state index contributed by atoms with van der Waals surface area (Å²) in [4.78, 5) is 27.6. The van der Waals surface area contributed by atoms with E-state index in [1.54, 1.807) is 29.2 Å². The van der Waals surface area contributed by atoms with Crippen molar-refractivity contribution in [2.75, 3.05) is 13.2 Å². The predicted molar refractivity (Wildman–Crippen MR) is 125 cm³/mol. The topological polar surface area (TPSA) is 58.6 Å². The van der Waals surface area contributed by atoms with Crippen molar-refractivity contribution in [1.82, 2.24) is 10.2 Å². The summed E-state index contributed by atoms with van der Waals surface area (Å²) in [5.74, 6) is 0.585. The van der Waals surface area contributed by atoms with Crippen LogP contribution >= 0.6 is 11.6 Å². The fraction of sp³-hybridized carbons (Fsp3) is 0.440. The van der Waals surface area contributed by atoms with Crippen LogP contribution in [0.15, 0.2) is 48.5 Å². The van der Waals surface area contributed by atoms with Crippen LogP contribution in [0, 0.1) is 6.92 Å². The van der Waals surface area contributed by atoms with Crippen molar-refractivity contribution in [3.8, 4) is 5.75 Å². The van der Waals surface area contributed by atoms with E-state index in [2.05, 4.69) is 11.4 Å². The summed E-state index contributed by atoms with van der Waals surface area (Å²) in [7, 11) is 0.